The molecule has 1 N–H and O–H groups in total. The van der Waals surface area contributed by atoms with Crippen molar-refractivity contribution in [3.05, 3.63) is 64.7 Å². The van der Waals surface area contributed by atoms with Crippen LogP contribution in [0.25, 0.3) is 0 Å². The number of alkyl halides is 9. The van der Waals surface area contributed by atoms with Crippen molar-refractivity contribution in [3.8, 4) is 0 Å². The summed E-state index contributed by atoms with van der Waals surface area (Å²) in [6.45, 7) is 0.236. The number of hydrogen-bond acceptors (Lipinski definition) is 3. The molecule has 0 radical (unpaired) electrons. The molecule has 0 aromatic heterocycles. The van der Waals surface area contributed by atoms with Crippen LogP contribution in [0, 0.1) is 0 Å². The lowest BCUT2D eigenvalue weighted by Gasteiger charge is -2.23. The van der Waals surface area contributed by atoms with Gasteiger partial charge >= 0.3 is 18.5 Å². The number of carbonyl (C=O) groups is 2. The van der Waals surface area contributed by atoms with Crippen LogP contribution in [-0.2, 0) is 34.5 Å². The van der Waals surface area contributed by atoms with Crippen LogP contribution in [0.2, 0.25) is 0 Å². The lowest BCUT2D eigenvalue weighted by molar-refractivity contribution is -0.143. The minimum Gasteiger partial charge on any atom is -0.341 e. The van der Waals surface area contributed by atoms with Gasteiger partial charge in [-0.1, -0.05) is 18.2 Å². The third-order valence-corrected chi connectivity index (χ3v) is 5.90. The number of anilines is 1. The third-order valence-electron chi connectivity index (χ3n) is 5.90. The third kappa shape index (κ3) is 7.62. The Morgan fingerprint density at radius 1 is 0.763 bits per heavy atom. The second-order valence-electron chi connectivity index (χ2n) is 8.65. The summed E-state index contributed by atoms with van der Waals surface area (Å²) >= 11 is 0. The predicted molar refractivity (Wildman–Crippen MR) is 118 cm³/mol. The van der Waals surface area contributed by atoms with E-state index in [1.165, 1.54) is 17.0 Å². The van der Waals surface area contributed by atoms with E-state index in [2.05, 4.69) is 5.32 Å². The highest BCUT2D eigenvalue weighted by atomic mass is 19.4. The van der Waals surface area contributed by atoms with Crippen molar-refractivity contribution in [1.82, 2.24) is 9.80 Å². The van der Waals surface area contributed by atoms with Crippen LogP contribution in [0.5, 0.6) is 0 Å². The fourth-order valence-corrected chi connectivity index (χ4v) is 4.06. The van der Waals surface area contributed by atoms with Crippen molar-refractivity contribution in [3.63, 3.8) is 0 Å². The zero-order chi connectivity index (χ0) is 28.3. The number of carbonyl (C=O) groups excluding carboxylic acids is 2. The summed E-state index contributed by atoms with van der Waals surface area (Å²) in [5.74, 6) is -1.46. The Bertz CT molecular complexity index is 1160. The van der Waals surface area contributed by atoms with Gasteiger partial charge in [0.05, 0.1) is 35.3 Å². The Morgan fingerprint density at radius 3 is 2.05 bits per heavy atom. The smallest absolute Gasteiger partial charge is 0.341 e. The number of rotatable bonds is 5. The van der Waals surface area contributed by atoms with Gasteiger partial charge in [-0.25, -0.2) is 0 Å². The molecule has 5 nitrogen and oxygen atoms in total. The topological polar surface area (TPSA) is 52.7 Å². The Kier molecular flexibility index (Phi) is 8.64. The van der Waals surface area contributed by atoms with Gasteiger partial charge in [-0.15, -0.1) is 0 Å². The first-order chi connectivity index (χ1) is 17.6. The van der Waals surface area contributed by atoms with Crippen LogP contribution in [0.1, 0.15) is 28.7 Å². The highest BCUT2D eigenvalue weighted by Gasteiger charge is 2.39. The summed E-state index contributed by atoms with van der Waals surface area (Å²) in [7, 11) is 0. The molecule has 1 saturated heterocycles. The quantitative estimate of drug-likeness (QED) is 0.499. The average molecular weight is 555 g/mol. The van der Waals surface area contributed by atoms with Gasteiger partial charge in [-0.3, -0.25) is 14.5 Å². The molecule has 0 spiro atoms. The molecule has 1 heterocycles. The van der Waals surface area contributed by atoms with Crippen molar-refractivity contribution in [2.45, 2.75) is 31.4 Å². The number of nitrogens with zero attached hydrogens (tertiary/aromatic N) is 2. The van der Waals surface area contributed by atoms with Crippen LogP contribution in [0.4, 0.5) is 45.2 Å². The first-order valence-corrected chi connectivity index (χ1v) is 11.3. The Balaban J connectivity index is 1.62. The summed E-state index contributed by atoms with van der Waals surface area (Å²) in [4.78, 5) is 27.9. The van der Waals surface area contributed by atoms with E-state index in [0.29, 0.717) is 18.6 Å². The standard InChI is InChI=1S/C24H22F9N3O2/c25-22(26,27)16-7-6-15(18(13-16)24(31,32)33)12-21(38)36-9-3-8-35(10-11-36)14-20(37)34-19-5-2-1-4-17(19)23(28,29)30/h1-2,4-7,13H,3,8-12,14H2,(H,34,37). The van der Waals surface area contributed by atoms with Crippen molar-refractivity contribution < 1.29 is 49.1 Å². The molecule has 0 saturated carbocycles. The Hall–Kier alpha value is -3.29. The van der Waals surface area contributed by atoms with E-state index >= 15 is 0 Å². The second-order valence-corrected chi connectivity index (χ2v) is 8.65. The van der Waals surface area contributed by atoms with Crippen LogP contribution in [0.3, 0.4) is 0 Å². The molecule has 0 atom stereocenters. The molecule has 208 valence electrons. The van der Waals surface area contributed by atoms with Crippen LogP contribution >= 0.6 is 0 Å². The van der Waals surface area contributed by atoms with Crippen LogP contribution in [0.15, 0.2) is 42.5 Å². The molecular formula is C24H22F9N3O2. The van der Waals surface area contributed by atoms with Crippen molar-refractivity contribution >= 4 is 17.5 Å². The maximum Gasteiger partial charge on any atom is 0.418 e. The Morgan fingerprint density at radius 2 is 1.42 bits per heavy atom. The van der Waals surface area contributed by atoms with Gasteiger partial charge in [0.15, 0.2) is 0 Å². The first kappa shape index (κ1) is 29.3. The summed E-state index contributed by atoms with van der Waals surface area (Å²) in [5, 5.41) is 2.22. The molecule has 3 rings (SSSR count). The number of benzene rings is 2. The van der Waals surface area contributed by atoms with Crippen LogP contribution < -0.4 is 5.32 Å². The molecule has 0 aliphatic carbocycles. The summed E-state index contributed by atoms with van der Waals surface area (Å²) < 4.78 is 118. The first-order valence-electron chi connectivity index (χ1n) is 11.3. The van der Waals surface area contributed by atoms with Gasteiger partial charge in [0.1, 0.15) is 0 Å². The van der Waals surface area contributed by atoms with Crippen molar-refractivity contribution in [1.29, 1.82) is 0 Å². The summed E-state index contributed by atoms with van der Waals surface area (Å²) in [6.07, 6.45) is -15.2. The number of amides is 2. The van der Waals surface area contributed by atoms with E-state index < -0.39 is 64.7 Å². The average Bonchev–Trinajstić information content (AvgIpc) is 3.03. The zero-order valence-electron chi connectivity index (χ0n) is 19.6. The highest BCUT2D eigenvalue weighted by molar-refractivity contribution is 5.93. The van der Waals surface area contributed by atoms with Crippen LogP contribution in [-0.4, -0.2) is 54.3 Å². The van der Waals surface area contributed by atoms with Crippen molar-refractivity contribution in [2.24, 2.45) is 0 Å². The predicted octanol–water partition coefficient (Wildman–Crippen LogP) is 5.46. The molecule has 1 aliphatic heterocycles. The molecule has 38 heavy (non-hydrogen) atoms. The van der Waals surface area contributed by atoms with E-state index in [1.807, 2.05) is 0 Å². The second kappa shape index (κ2) is 11.2. The lowest BCUT2D eigenvalue weighted by atomic mass is 10.00. The molecule has 2 aromatic rings. The van der Waals surface area contributed by atoms with Gasteiger partial charge in [0.2, 0.25) is 11.8 Å². The van der Waals surface area contributed by atoms with E-state index in [-0.39, 0.29) is 38.8 Å². The van der Waals surface area contributed by atoms with Gasteiger partial charge in [-0.05, 0) is 36.2 Å². The normalized spacial score (nSPS) is 15.8. The summed E-state index contributed by atoms with van der Waals surface area (Å²) in [6, 6.07) is 5.55. The SMILES string of the molecule is O=C(CN1CCCN(C(=O)Cc2ccc(C(F)(F)F)cc2C(F)(F)F)CC1)Nc1ccccc1C(F)(F)F. The molecule has 1 fully saturated rings. The fourth-order valence-electron chi connectivity index (χ4n) is 4.06. The molecule has 0 bridgehead atoms. The number of para-hydroxylation sites is 1. The number of nitrogens with one attached hydrogen (secondary N) is 1. The molecule has 14 heteroatoms. The monoisotopic (exact) mass is 555 g/mol. The fraction of sp³-hybridized carbons (Fsp3) is 0.417. The maximum absolute atomic E-state index is 13.4. The van der Waals surface area contributed by atoms with E-state index in [4.69, 9.17) is 0 Å². The van der Waals surface area contributed by atoms with Gasteiger partial charge in [0, 0.05) is 26.2 Å². The molecule has 1 aliphatic rings. The highest BCUT2D eigenvalue weighted by Crippen LogP contribution is 2.38. The Labute approximate surface area is 211 Å². The molecular weight excluding hydrogens is 533 g/mol. The van der Waals surface area contributed by atoms with Gasteiger partial charge in [0.25, 0.3) is 0 Å². The summed E-state index contributed by atoms with van der Waals surface area (Å²) in [5.41, 5.74) is -5.05. The maximum atomic E-state index is 13.4. The molecule has 2 aromatic carbocycles. The minimum atomic E-state index is -5.11. The number of hydrogen-bond donors (Lipinski definition) is 1. The van der Waals surface area contributed by atoms with E-state index in [9.17, 15) is 49.1 Å². The van der Waals surface area contributed by atoms with Gasteiger partial charge < -0.3 is 10.2 Å². The number of halogens is 9. The molecule has 0 unspecified atom stereocenters. The van der Waals surface area contributed by atoms with Crippen molar-refractivity contribution in [2.75, 3.05) is 38.0 Å². The largest absolute Gasteiger partial charge is 0.418 e. The minimum absolute atomic E-state index is 0.00718. The lowest BCUT2D eigenvalue weighted by Crippen LogP contribution is -2.38. The molecule has 2 amide bonds. The van der Waals surface area contributed by atoms with E-state index in [0.717, 1.165) is 12.1 Å². The van der Waals surface area contributed by atoms with Gasteiger partial charge in [-0.2, -0.15) is 39.5 Å². The van der Waals surface area contributed by atoms with E-state index in [1.54, 1.807) is 4.90 Å². The zero-order valence-corrected chi connectivity index (χ0v) is 19.6.